The summed E-state index contributed by atoms with van der Waals surface area (Å²) < 4.78 is 101. The van der Waals surface area contributed by atoms with Gasteiger partial charge in [0.25, 0.3) is 0 Å². The molecular formula is C20H19F6NO4S. The fraction of sp³-hybridized carbons (Fsp3) is 0.350. The summed E-state index contributed by atoms with van der Waals surface area (Å²) in [5.41, 5.74) is 0.600. The highest BCUT2D eigenvalue weighted by molar-refractivity contribution is 7.90. The van der Waals surface area contributed by atoms with E-state index < -0.39 is 53.1 Å². The molecule has 0 spiro atoms. The van der Waals surface area contributed by atoms with Crippen molar-refractivity contribution < 1.29 is 44.7 Å². The van der Waals surface area contributed by atoms with Gasteiger partial charge >= 0.3 is 18.3 Å². The van der Waals surface area contributed by atoms with E-state index in [1.54, 1.807) is 5.32 Å². The lowest BCUT2D eigenvalue weighted by atomic mass is 9.99. The number of sulfone groups is 1. The van der Waals surface area contributed by atoms with Crippen LogP contribution in [0.15, 0.2) is 53.4 Å². The van der Waals surface area contributed by atoms with E-state index in [0.29, 0.717) is 11.1 Å². The standard InChI is InChI=1S/C20H19F6NO4S/c1-32(30,31)15-8-6-13(7-9-15)12-2-4-14(5-3-12)17(20(24,25)26)27-16(18(28)29)10-11-19(21,22)23/h2-9,16-17,27H,10-11H2,1H3,(H,28,29)/t16-,17-/m0/s1. The molecule has 32 heavy (non-hydrogen) atoms. The van der Waals surface area contributed by atoms with Gasteiger partial charge in [-0.1, -0.05) is 36.4 Å². The van der Waals surface area contributed by atoms with Gasteiger partial charge in [-0.15, -0.1) is 0 Å². The molecule has 0 saturated heterocycles. The first-order valence-electron chi connectivity index (χ1n) is 9.11. The average Bonchev–Trinajstić information content (AvgIpc) is 2.65. The lowest BCUT2D eigenvalue weighted by Crippen LogP contribution is -2.45. The van der Waals surface area contributed by atoms with Crippen molar-refractivity contribution in [2.75, 3.05) is 6.26 Å². The number of hydrogen-bond acceptors (Lipinski definition) is 4. The van der Waals surface area contributed by atoms with Gasteiger partial charge in [0.05, 0.1) is 4.90 Å². The Hall–Kier alpha value is -2.60. The quantitative estimate of drug-likeness (QED) is 0.530. The minimum Gasteiger partial charge on any atom is -0.480 e. The summed E-state index contributed by atoms with van der Waals surface area (Å²) in [5, 5.41) is 10.8. The Morgan fingerprint density at radius 3 is 1.78 bits per heavy atom. The minimum absolute atomic E-state index is 0.0674. The third-order valence-electron chi connectivity index (χ3n) is 4.57. The Morgan fingerprint density at radius 2 is 1.41 bits per heavy atom. The van der Waals surface area contributed by atoms with E-state index in [2.05, 4.69) is 0 Å². The van der Waals surface area contributed by atoms with Crippen molar-refractivity contribution in [3.8, 4) is 11.1 Å². The van der Waals surface area contributed by atoms with Gasteiger partial charge in [-0.3, -0.25) is 10.1 Å². The second-order valence-electron chi connectivity index (χ2n) is 7.10. The monoisotopic (exact) mass is 483 g/mol. The molecule has 2 N–H and O–H groups in total. The van der Waals surface area contributed by atoms with Crippen LogP contribution in [-0.4, -0.2) is 44.1 Å². The van der Waals surface area contributed by atoms with Crippen LogP contribution in [0.1, 0.15) is 24.4 Å². The fourth-order valence-electron chi connectivity index (χ4n) is 2.93. The molecule has 2 aromatic rings. The predicted molar refractivity (Wildman–Crippen MR) is 104 cm³/mol. The Kier molecular flexibility index (Phi) is 7.61. The zero-order valence-electron chi connectivity index (χ0n) is 16.5. The second kappa shape index (κ2) is 9.49. The van der Waals surface area contributed by atoms with Crippen LogP contribution < -0.4 is 5.32 Å². The molecule has 0 unspecified atom stereocenters. The maximum absolute atomic E-state index is 13.5. The van der Waals surface area contributed by atoms with Crippen molar-refractivity contribution in [3.05, 3.63) is 54.1 Å². The minimum atomic E-state index is -4.97. The van der Waals surface area contributed by atoms with Gasteiger partial charge in [0.1, 0.15) is 12.1 Å². The highest BCUT2D eigenvalue weighted by atomic mass is 32.2. The molecule has 12 heteroatoms. The van der Waals surface area contributed by atoms with Gasteiger partial charge in [-0.25, -0.2) is 8.42 Å². The number of carboxylic acid groups (broad SMARTS) is 1. The molecule has 0 amide bonds. The number of carbonyl (C=O) groups is 1. The van der Waals surface area contributed by atoms with Crippen molar-refractivity contribution in [1.82, 2.24) is 5.32 Å². The van der Waals surface area contributed by atoms with Crippen molar-refractivity contribution in [2.45, 2.75) is 42.2 Å². The third kappa shape index (κ3) is 7.23. The molecule has 5 nitrogen and oxygen atoms in total. The maximum Gasteiger partial charge on any atom is 0.407 e. The zero-order chi connectivity index (χ0) is 24.3. The molecule has 0 heterocycles. The van der Waals surface area contributed by atoms with Crippen molar-refractivity contribution in [3.63, 3.8) is 0 Å². The van der Waals surface area contributed by atoms with E-state index in [-0.39, 0.29) is 10.5 Å². The topological polar surface area (TPSA) is 83.5 Å². The molecule has 2 atom stereocenters. The van der Waals surface area contributed by atoms with Gasteiger partial charge in [0.15, 0.2) is 9.84 Å². The van der Waals surface area contributed by atoms with Crippen molar-refractivity contribution >= 4 is 15.8 Å². The summed E-state index contributed by atoms with van der Waals surface area (Å²) >= 11 is 0. The van der Waals surface area contributed by atoms with Crippen LogP contribution in [0.2, 0.25) is 0 Å². The van der Waals surface area contributed by atoms with E-state index in [0.717, 1.165) is 18.4 Å². The molecule has 0 bridgehead atoms. The number of hydrogen-bond donors (Lipinski definition) is 2. The number of nitrogens with one attached hydrogen (secondary N) is 1. The number of aliphatic carboxylic acids is 1. The lowest BCUT2D eigenvalue weighted by Gasteiger charge is -2.26. The van der Waals surface area contributed by atoms with Crippen LogP contribution in [0.4, 0.5) is 26.3 Å². The number of alkyl halides is 6. The molecule has 2 aromatic carbocycles. The fourth-order valence-corrected chi connectivity index (χ4v) is 3.56. The number of carboxylic acids is 1. The normalized spacial score (nSPS) is 14.7. The van der Waals surface area contributed by atoms with E-state index in [1.807, 2.05) is 0 Å². The van der Waals surface area contributed by atoms with Crippen molar-refractivity contribution in [1.29, 1.82) is 0 Å². The van der Waals surface area contributed by atoms with E-state index in [4.69, 9.17) is 5.11 Å². The van der Waals surface area contributed by atoms with E-state index >= 15 is 0 Å². The molecule has 0 aromatic heterocycles. The number of halogens is 6. The highest BCUT2D eigenvalue weighted by Gasteiger charge is 2.43. The molecule has 0 aliphatic carbocycles. The van der Waals surface area contributed by atoms with Crippen LogP contribution in [0.5, 0.6) is 0 Å². The Bertz CT molecular complexity index is 1030. The van der Waals surface area contributed by atoms with Gasteiger partial charge in [-0.05, 0) is 35.2 Å². The second-order valence-corrected chi connectivity index (χ2v) is 9.12. The first kappa shape index (κ1) is 25.7. The van der Waals surface area contributed by atoms with Crippen molar-refractivity contribution in [2.24, 2.45) is 0 Å². The first-order valence-corrected chi connectivity index (χ1v) is 11.0. The number of benzene rings is 2. The predicted octanol–water partition coefficient (Wildman–Crippen LogP) is 4.75. The SMILES string of the molecule is CS(=O)(=O)c1ccc(-c2ccc([C@H](N[C@@H](CCC(F)(F)F)C(=O)O)C(F)(F)F)cc2)cc1. The summed E-state index contributed by atoms with van der Waals surface area (Å²) in [5.74, 6) is -1.83. The maximum atomic E-state index is 13.5. The lowest BCUT2D eigenvalue weighted by molar-refractivity contribution is -0.165. The van der Waals surface area contributed by atoms with Crippen LogP contribution in [0.25, 0.3) is 11.1 Å². The third-order valence-corrected chi connectivity index (χ3v) is 5.70. The van der Waals surface area contributed by atoms with E-state index in [1.165, 1.54) is 36.4 Å². The average molecular weight is 483 g/mol. The molecule has 0 radical (unpaired) electrons. The Labute approximate surface area is 180 Å². The van der Waals surface area contributed by atoms with Gasteiger partial charge in [0, 0.05) is 12.7 Å². The molecule has 0 aliphatic rings. The molecule has 0 aliphatic heterocycles. The van der Waals surface area contributed by atoms with Gasteiger partial charge < -0.3 is 5.11 Å². The zero-order valence-corrected chi connectivity index (χ0v) is 17.4. The first-order chi connectivity index (χ1) is 14.6. The van der Waals surface area contributed by atoms with Crippen LogP contribution in [0.3, 0.4) is 0 Å². The molecule has 0 fully saturated rings. The van der Waals surface area contributed by atoms with Gasteiger partial charge in [0.2, 0.25) is 0 Å². The molecule has 2 rings (SSSR count). The highest BCUT2D eigenvalue weighted by Crippen LogP contribution is 2.35. The van der Waals surface area contributed by atoms with Crippen LogP contribution in [-0.2, 0) is 14.6 Å². The Balaban J connectivity index is 2.28. The summed E-state index contributed by atoms with van der Waals surface area (Å²) in [4.78, 5) is 11.3. The number of rotatable bonds is 8. The molecule has 0 saturated carbocycles. The summed E-state index contributed by atoms with van der Waals surface area (Å²) in [6.45, 7) is 0. The Morgan fingerprint density at radius 1 is 0.938 bits per heavy atom. The van der Waals surface area contributed by atoms with Crippen LogP contribution in [0, 0.1) is 0 Å². The summed E-state index contributed by atoms with van der Waals surface area (Å²) in [6, 6.07) is 5.86. The summed E-state index contributed by atoms with van der Waals surface area (Å²) in [6.07, 6.45) is -11.3. The largest absolute Gasteiger partial charge is 0.480 e. The summed E-state index contributed by atoms with van der Waals surface area (Å²) in [7, 11) is -3.42. The smallest absolute Gasteiger partial charge is 0.407 e. The molecule has 176 valence electrons. The molecular weight excluding hydrogens is 464 g/mol. The van der Waals surface area contributed by atoms with Gasteiger partial charge in [-0.2, -0.15) is 26.3 Å². The van der Waals surface area contributed by atoms with Crippen LogP contribution >= 0.6 is 0 Å². The van der Waals surface area contributed by atoms with E-state index in [9.17, 15) is 39.6 Å².